The maximum absolute atomic E-state index is 13.4. The number of hydrogen-bond acceptors (Lipinski definition) is 5. The first kappa shape index (κ1) is 20.1. The van der Waals surface area contributed by atoms with Crippen molar-refractivity contribution >= 4 is 11.6 Å². The maximum atomic E-state index is 13.4. The van der Waals surface area contributed by atoms with E-state index in [1.54, 1.807) is 18.2 Å². The number of nitrogens with one attached hydrogen (secondary N) is 2. The fraction of sp³-hybridized carbons (Fsp3) is 0.304. The van der Waals surface area contributed by atoms with E-state index in [9.17, 15) is 13.9 Å². The number of halogens is 2. The minimum absolute atomic E-state index is 0.0426. The normalized spacial score (nSPS) is 14.5. The molecule has 3 N–H and O–H groups in total. The Kier molecular flexibility index (Phi) is 6.07. The molecular formula is C23H24F2N4O. The summed E-state index contributed by atoms with van der Waals surface area (Å²) in [6.07, 6.45) is 7.38. The van der Waals surface area contributed by atoms with Crippen LogP contribution in [0.4, 0.5) is 20.4 Å². The zero-order chi connectivity index (χ0) is 20.9. The highest BCUT2D eigenvalue weighted by atomic mass is 19.1. The van der Waals surface area contributed by atoms with E-state index in [1.807, 2.05) is 6.07 Å². The lowest BCUT2D eigenvalue weighted by Gasteiger charge is -2.23. The molecule has 1 fully saturated rings. The molecule has 1 aromatic carbocycles. The molecule has 2 heterocycles. The molecule has 0 saturated heterocycles. The number of anilines is 2. The molecule has 30 heavy (non-hydrogen) atoms. The zero-order valence-corrected chi connectivity index (χ0v) is 16.5. The quantitative estimate of drug-likeness (QED) is 0.502. The molecular weight excluding hydrogens is 386 g/mol. The van der Waals surface area contributed by atoms with Crippen LogP contribution in [0.1, 0.15) is 37.7 Å². The summed E-state index contributed by atoms with van der Waals surface area (Å²) in [6, 6.07) is 11.0. The SMILES string of the molecule is Oc1cnc(NC2CCCCC2)cc1-c1cccc(NCc2cc(F)cc(F)c2)n1. The summed E-state index contributed by atoms with van der Waals surface area (Å²) in [5.41, 5.74) is 1.63. The predicted octanol–water partition coefficient (Wildman–Crippen LogP) is 5.48. The van der Waals surface area contributed by atoms with E-state index in [0.29, 0.717) is 34.5 Å². The van der Waals surface area contributed by atoms with Crippen LogP contribution in [0.25, 0.3) is 11.3 Å². The van der Waals surface area contributed by atoms with E-state index in [-0.39, 0.29) is 12.3 Å². The van der Waals surface area contributed by atoms with Gasteiger partial charge in [-0.05, 0) is 48.7 Å². The van der Waals surface area contributed by atoms with Gasteiger partial charge in [0, 0.05) is 24.2 Å². The minimum atomic E-state index is -0.617. The molecule has 1 saturated carbocycles. The number of aromatic hydroxyl groups is 1. The predicted molar refractivity (Wildman–Crippen MR) is 113 cm³/mol. The molecule has 1 aliphatic rings. The van der Waals surface area contributed by atoms with Crippen LogP contribution in [-0.4, -0.2) is 21.1 Å². The molecule has 0 amide bonds. The number of rotatable bonds is 6. The molecule has 0 atom stereocenters. The average molecular weight is 410 g/mol. The number of pyridine rings is 2. The molecule has 0 radical (unpaired) electrons. The van der Waals surface area contributed by atoms with Crippen molar-refractivity contribution in [2.75, 3.05) is 10.6 Å². The van der Waals surface area contributed by atoms with Gasteiger partial charge < -0.3 is 15.7 Å². The first-order valence-electron chi connectivity index (χ1n) is 10.2. The van der Waals surface area contributed by atoms with Crippen LogP contribution in [0.15, 0.2) is 48.7 Å². The largest absolute Gasteiger partial charge is 0.506 e. The van der Waals surface area contributed by atoms with E-state index in [4.69, 9.17) is 0 Å². The number of nitrogens with zero attached hydrogens (tertiary/aromatic N) is 2. The molecule has 0 spiro atoms. The van der Waals surface area contributed by atoms with Crippen molar-refractivity contribution in [1.82, 2.24) is 9.97 Å². The summed E-state index contributed by atoms with van der Waals surface area (Å²) in [5.74, 6) is 0.0581. The zero-order valence-electron chi connectivity index (χ0n) is 16.5. The van der Waals surface area contributed by atoms with Crippen LogP contribution >= 0.6 is 0 Å². The Morgan fingerprint density at radius 1 is 0.967 bits per heavy atom. The van der Waals surface area contributed by atoms with Gasteiger partial charge in [-0.1, -0.05) is 25.3 Å². The van der Waals surface area contributed by atoms with Crippen LogP contribution in [0.5, 0.6) is 5.75 Å². The lowest BCUT2D eigenvalue weighted by atomic mass is 9.95. The second kappa shape index (κ2) is 9.07. The molecule has 3 aromatic rings. The fourth-order valence-electron chi connectivity index (χ4n) is 3.78. The van der Waals surface area contributed by atoms with E-state index < -0.39 is 11.6 Å². The summed E-state index contributed by atoms with van der Waals surface area (Å²) >= 11 is 0. The van der Waals surface area contributed by atoms with E-state index >= 15 is 0 Å². The average Bonchev–Trinajstić information content (AvgIpc) is 2.74. The lowest BCUT2D eigenvalue weighted by molar-refractivity contribution is 0.460. The topological polar surface area (TPSA) is 70.1 Å². The van der Waals surface area contributed by atoms with Crippen molar-refractivity contribution in [2.45, 2.75) is 44.7 Å². The van der Waals surface area contributed by atoms with E-state index in [0.717, 1.165) is 18.9 Å². The Labute approximate surface area is 174 Å². The van der Waals surface area contributed by atoms with Gasteiger partial charge in [0.15, 0.2) is 0 Å². The summed E-state index contributed by atoms with van der Waals surface area (Å²) in [4.78, 5) is 8.84. The Hall–Kier alpha value is -3.22. The van der Waals surface area contributed by atoms with Gasteiger partial charge >= 0.3 is 0 Å². The molecule has 1 aliphatic carbocycles. The summed E-state index contributed by atoms with van der Waals surface area (Å²) in [6.45, 7) is 0.224. The third-order valence-corrected chi connectivity index (χ3v) is 5.26. The van der Waals surface area contributed by atoms with Crippen LogP contribution in [0, 0.1) is 11.6 Å². The Morgan fingerprint density at radius 2 is 1.73 bits per heavy atom. The Morgan fingerprint density at radius 3 is 2.50 bits per heavy atom. The maximum Gasteiger partial charge on any atom is 0.143 e. The minimum Gasteiger partial charge on any atom is -0.506 e. The Bertz CT molecular complexity index is 1000. The van der Waals surface area contributed by atoms with Gasteiger partial charge in [-0.3, -0.25) is 0 Å². The third kappa shape index (κ3) is 5.03. The molecule has 7 heteroatoms. The Balaban J connectivity index is 1.50. The highest BCUT2D eigenvalue weighted by Crippen LogP contribution is 2.31. The van der Waals surface area contributed by atoms with Gasteiger partial charge in [0.1, 0.15) is 29.0 Å². The highest BCUT2D eigenvalue weighted by molar-refractivity contribution is 5.70. The fourth-order valence-corrected chi connectivity index (χ4v) is 3.78. The van der Waals surface area contributed by atoms with Crippen LogP contribution in [0.2, 0.25) is 0 Å². The molecule has 4 rings (SSSR count). The number of hydrogen-bond donors (Lipinski definition) is 3. The van der Waals surface area contributed by atoms with Crippen molar-refractivity contribution in [1.29, 1.82) is 0 Å². The van der Waals surface area contributed by atoms with Gasteiger partial charge in [0.2, 0.25) is 0 Å². The number of aromatic nitrogens is 2. The molecule has 5 nitrogen and oxygen atoms in total. The van der Waals surface area contributed by atoms with Crippen LogP contribution in [-0.2, 0) is 6.54 Å². The summed E-state index contributed by atoms with van der Waals surface area (Å²) in [7, 11) is 0. The monoisotopic (exact) mass is 410 g/mol. The standard InChI is InChI=1S/C23H24F2N4O/c24-16-9-15(10-17(25)11-16)13-26-22-8-4-7-20(29-22)19-12-23(27-14-21(19)30)28-18-5-2-1-3-6-18/h4,7-12,14,18,30H,1-3,5-6,13H2,(H,26,29)(H,27,28). The van der Waals surface area contributed by atoms with E-state index in [2.05, 4.69) is 20.6 Å². The van der Waals surface area contributed by atoms with Crippen molar-refractivity contribution < 1.29 is 13.9 Å². The molecule has 2 aromatic heterocycles. The van der Waals surface area contributed by atoms with Gasteiger partial charge in [-0.2, -0.15) is 0 Å². The highest BCUT2D eigenvalue weighted by Gasteiger charge is 2.15. The van der Waals surface area contributed by atoms with E-state index in [1.165, 1.54) is 37.6 Å². The number of benzene rings is 1. The van der Waals surface area contributed by atoms with Crippen molar-refractivity contribution in [2.24, 2.45) is 0 Å². The first-order chi connectivity index (χ1) is 14.6. The molecule has 0 aliphatic heterocycles. The van der Waals surface area contributed by atoms with Gasteiger partial charge in [0.25, 0.3) is 0 Å². The van der Waals surface area contributed by atoms with Crippen molar-refractivity contribution in [3.63, 3.8) is 0 Å². The van der Waals surface area contributed by atoms with Crippen LogP contribution < -0.4 is 10.6 Å². The lowest BCUT2D eigenvalue weighted by Crippen LogP contribution is -2.22. The van der Waals surface area contributed by atoms with Crippen molar-refractivity contribution in [3.05, 3.63) is 65.9 Å². The third-order valence-electron chi connectivity index (χ3n) is 5.26. The second-order valence-electron chi connectivity index (χ2n) is 7.61. The molecule has 0 unspecified atom stereocenters. The molecule has 0 bridgehead atoms. The first-order valence-corrected chi connectivity index (χ1v) is 10.2. The molecule has 156 valence electrons. The smallest absolute Gasteiger partial charge is 0.143 e. The van der Waals surface area contributed by atoms with Gasteiger partial charge in [0.05, 0.1) is 11.9 Å². The van der Waals surface area contributed by atoms with Gasteiger partial charge in [-0.15, -0.1) is 0 Å². The summed E-state index contributed by atoms with van der Waals surface area (Å²) in [5, 5.41) is 16.8. The van der Waals surface area contributed by atoms with Gasteiger partial charge in [-0.25, -0.2) is 18.7 Å². The second-order valence-corrected chi connectivity index (χ2v) is 7.61. The van der Waals surface area contributed by atoms with Crippen LogP contribution in [0.3, 0.4) is 0 Å². The van der Waals surface area contributed by atoms with Crippen molar-refractivity contribution in [3.8, 4) is 17.0 Å². The summed E-state index contributed by atoms with van der Waals surface area (Å²) < 4.78 is 26.7.